The lowest BCUT2D eigenvalue weighted by atomic mass is 10.1. The molecule has 0 radical (unpaired) electrons. The van der Waals surface area contributed by atoms with Gasteiger partial charge in [-0.2, -0.15) is 5.26 Å². The maximum Gasteiger partial charge on any atom is 0.234 e. The Morgan fingerprint density at radius 2 is 2.13 bits per heavy atom. The zero-order valence-corrected chi connectivity index (χ0v) is 14.5. The second-order valence-electron chi connectivity index (χ2n) is 5.06. The fourth-order valence-electron chi connectivity index (χ4n) is 2.18. The standard InChI is InChI=1S/C17H24ClN3O2/c1-3-21(4-2)11-12-23-16-6-5-15(18)13-14(16)8-10-20-17(22)7-9-19/h5-6,13H,3-4,7-8,10-12H2,1-2H3,(H,20,22). The van der Waals surface area contributed by atoms with E-state index in [9.17, 15) is 4.79 Å². The molecule has 0 aliphatic rings. The molecule has 0 unspecified atom stereocenters. The van der Waals surface area contributed by atoms with Gasteiger partial charge >= 0.3 is 0 Å². The molecule has 0 heterocycles. The summed E-state index contributed by atoms with van der Waals surface area (Å²) in [6.07, 6.45) is 0.487. The van der Waals surface area contributed by atoms with Gasteiger partial charge < -0.3 is 15.0 Å². The molecule has 0 aromatic heterocycles. The van der Waals surface area contributed by atoms with E-state index in [0.29, 0.717) is 24.6 Å². The SMILES string of the molecule is CCN(CC)CCOc1ccc(Cl)cc1CCNC(=O)CC#N. The van der Waals surface area contributed by atoms with Crippen LogP contribution in [0.15, 0.2) is 18.2 Å². The zero-order chi connectivity index (χ0) is 17.1. The number of amides is 1. The van der Waals surface area contributed by atoms with Crippen molar-refractivity contribution in [3.8, 4) is 11.8 Å². The molecule has 1 amide bonds. The number of nitriles is 1. The van der Waals surface area contributed by atoms with Gasteiger partial charge in [0.1, 0.15) is 18.8 Å². The maximum atomic E-state index is 11.3. The molecule has 5 nitrogen and oxygen atoms in total. The summed E-state index contributed by atoms with van der Waals surface area (Å²) in [6.45, 7) is 8.18. The molecule has 0 bridgehead atoms. The number of hydrogen-bond acceptors (Lipinski definition) is 4. The Kier molecular flexibility index (Phi) is 9.11. The van der Waals surface area contributed by atoms with Gasteiger partial charge in [-0.1, -0.05) is 25.4 Å². The molecule has 0 saturated heterocycles. The number of hydrogen-bond donors (Lipinski definition) is 1. The Bertz CT molecular complexity index is 539. The first-order valence-corrected chi connectivity index (χ1v) is 8.25. The predicted molar refractivity (Wildman–Crippen MR) is 91.7 cm³/mol. The number of carbonyl (C=O) groups excluding carboxylic acids is 1. The van der Waals surface area contributed by atoms with Crippen molar-refractivity contribution in [3.63, 3.8) is 0 Å². The van der Waals surface area contributed by atoms with Crippen molar-refractivity contribution in [2.45, 2.75) is 26.7 Å². The van der Waals surface area contributed by atoms with Gasteiger partial charge in [0.25, 0.3) is 0 Å². The molecule has 1 rings (SSSR count). The quantitative estimate of drug-likeness (QED) is 0.712. The van der Waals surface area contributed by atoms with Gasteiger partial charge in [0.15, 0.2) is 0 Å². The number of likely N-dealkylation sites (N-methyl/N-ethyl adjacent to an activating group) is 1. The first-order chi connectivity index (χ1) is 11.1. The lowest BCUT2D eigenvalue weighted by molar-refractivity contribution is -0.120. The van der Waals surface area contributed by atoms with E-state index in [1.54, 1.807) is 6.07 Å². The van der Waals surface area contributed by atoms with Gasteiger partial charge in [-0.3, -0.25) is 4.79 Å². The highest BCUT2D eigenvalue weighted by Gasteiger charge is 2.07. The van der Waals surface area contributed by atoms with Crippen molar-refractivity contribution >= 4 is 17.5 Å². The van der Waals surface area contributed by atoms with Crippen LogP contribution in [0.4, 0.5) is 0 Å². The van der Waals surface area contributed by atoms with Crippen molar-refractivity contribution in [3.05, 3.63) is 28.8 Å². The highest BCUT2D eigenvalue weighted by atomic mass is 35.5. The fourth-order valence-corrected chi connectivity index (χ4v) is 2.37. The highest BCUT2D eigenvalue weighted by Crippen LogP contribution is 2.23. The van der Waals surface area contributed by atoms with Crippen LogP contribution in [0.2, 0.25) is 5.02 Å². The molecule has 1 N–H and O–H groups in total. The van der Waals surface area contributed by atoms with Gasteiger partial charge in [-0.15, -0.1) is 0 Å². The minimum Gasteiger partial charge on any atom is -0.492 e. The molecule has 0 aliphatic carbocycles. The van der Waals surface area contributed by atoms with Crippen molar-refractivity contribution in [1.82, 2.24) is 10.2 Å². The summed E-state index contributed by atoms with van der Waals surface area (Å²) in [5, 5.41) is 11.8. The fraction of sp³-hybridized carbons (Fsp3) is 0.529. The van der Waals surface area contributed by atoms with Crippen LogP contribution in [-0.4, -0.2) is 43.6 Å². The molecule has 0 aliphatic heterocycles. The average Bonchev–Trinajstić information content (AvgIpc) is 2.53. The van der Waals surface area contributed by atoms with E-state index < -0.39 is 0 Å². The van der Waals surface area contributed by atoms with Gasteiger partial charge in [0.05, 0.1) is 6.07 Å². The third-order valence-corrected chi connectivity index (χ3v) is 3.77. The number of benzene rings is 1. The molecule has 6 heteroatoms. The van der Waals surface area contributed by atoms with E-state index in [-0.39, 0.29) is 12.3 Å². The predicted octanol–water partition coefficient (Wildman–Crippen LogP) is 2.63. The van der Waals surface area contributed by atoms with Crippen LogP contribution in [0.25, 0.3) is 0 Å². The molecule has 23 heavy (non-hydrogen) atoms. The average molecular weight is 338 g/mol. The smallest absolute Gasteiger partial charge is 0.234 e. The summed E-state index contributed by atoms with van der Waals surface area (Å²) >= 11 is 6.04. The summed E-state index contributed by atoms with van der Waals surface area (Å²) in [5.74, 6) is 0.523. The molecular formula is C17H24ClN3O2. The highest BCUT2D eigenvalue weighted by molar-refractivity contribution is 6.30. The molecular weight excluding hydrogens is 314 g/mol. The van der Waals surface area contributed by atoms with E-state index in [0.717, 1.165) is 30.9 Å². The van der Waals surface area contributed by atoms with Crippen LogP contribution in [0, 0.1) is 11.3 Å². The summed E-state index contributed by atoms with van der Waals surface area (Å²) in [7, 11) is 0. The Morgan fingerprint density at radius 1 is 1.39 bits per heavy atom. The van der Waals surface area contributed by atoms with E-state index in [1.165, 1.54) is 0 Å². The topological polar surface area (TPSA) is 65.4 Å². The van der Waals surface area contributed by atoms with E-state index in [1.807, 2.05) is 18.2 Å². The lowest BCUT2D eigenvalue weighted by Gasteiger charge is -2.19. The molecule has 0 saturated carbocycles. The van der Waals surface area contributed by atoms with E-state index >= 15 is 0 Å². The Labute approximate surface area is 143 Å². The summed E-state index contributed by atoms with van der Waals surface area (Å²) in [4.78, 5) is 13.6. The number of rotatable bonds is 10. The summed E-state index contributed by atoms with van der Waals surface area (Å²) in [5.41, 5.74) is 0.953. The molecule has 126 valence electrons. The van der Waals surface area contributed by atoms with Crippen molar-refractivity contribution < 1.29 is 9.53 Å². The minimum atomic E-state index is -0.265. The van der Waals surface area contributed by atoms with Crippen LogP contribution in [0.3, 0.4) is 0 Å². The normalized spacial score (nSPS) is 10.4. The second kappa shape index (κ2) is 10.9. The van der Waals surface area contributed by atoms with E-state index in [4.69, 9.17) is 21.6 Å². The Hall–Kier alpha value is -1.77. The van der Waals surface area contributed by atoms with Gasteiger partial charge in [-0.05, 0) is 43.3 Å². The van der Waals surface area contributed by atoms with Crippen LogP contribution in [0.5, 0.6) is 5.75 Å². The number of nitrogens with zero attached hydrogens (tertiary/aromatic N) is 2. The zero-order valence-electron chi connectivity index (χ0n) is 13.8. The number of ether oxygens (including phenoxy) is 1. The Morgan fingerprint density at radius 3 is 2.78 bits per heavy atom. The van der Waals surface area contributed by atoms with Crippen LogP contribution >= 0.6 is 11.6 Å². The number of halogens is 1. The monoisotopic (exact) mass is 337 g/mol. The summed E-state index contributed by atoms with van der Waals surface area (Å²) in [6, 6.07) is 7.33. The first kappa shape index (κ1) is 19.3. The van der Waals surface area contributed by atoms with Gasteiger partial charge in [0, 0.05) is 18.1 Å². The third kappa shape index (κ3) is 7.36. The number of carbonyl (C=O) groups is 1. The first-order valence-electron chi connectivity index (χ1n) is 7.87. The minimum absolute atomic E-state index is 0.122. The number of nitrogens with one attached hydrogen (secondary N) is 1. The largest absolute Gasteiger partial charge is 0.492 e. The lowest BCUT2D eigenvalue weighted by Crippen LogP contribution is -2.28. The maximum absolute atomic E-state index is 11.3. The third-order valence-electron chi connectivity index (χ3n) is 3.54. The molecule has 0 atom stereocenters. The van der Waals surface area contributed by atoms with Gasteiger partial charge in [-0.25, -0.2) is 0 Å². The van der Waals surface area contributed by atoms with Crippen molar-refractivity contribution in [2.75, 3.05) is 32.8 Å². The van der Waals surface area contributed by atoms with Crippen molar-refractivity contribution in [1.29, 1.82) is 5.26 Å². The molecule has 1 aromatic carbocycles. The van der Waals surface area contributed by atoms with Crippen LogP contribution < -0.4 is 10.1 Å². The van der Waals surface area contributed by atoms with Crippen molar-refractivity contribution in [2.24, 2.45) is 0 Å². The van der Waals surface area contributed by atoms with Crippen LogP contribution in [0.1, 0.15) is 25.8 Å². The van der Waals surface area contributed by atoms with Gasteiger partial charge in [0.2, 0.25) is 5.91 Å². The van der Waals surface area contributed by atoms with E-state index in [2.05, 4.69) is 24.1 Å². The second-order valence-corrected chi connectivity index (χ2v) is 5.50. The molecule has 0 spiro atoms. The molecule has 1 aromatic rings. The summed E-state index contributed by atoms with van der Waals surface area (Å²) < 4.78 is 5.87. The van der Waals surface area contributed by atoms with Crippen LogP contribution in [-0.2, 0) is 11.2 Å². The molecule has 0 fully saturated rings. The Balaban J connectivity index is 2.55.